The summed E-state index contributed by atoms with van der Waals surface area (Å²) in [6.45, 7) is 9.74. The van der Waals surface area contributed by atoms with Gasteiger partial charge in [-0.2, -0.15) is 0 Å². The summed E-state index contributed by atoms with van der Waals surface area (Å²) in [5.41, 5.74) is 1.83. The van der Waals surface area contributed by atoms with Crippen molar-refractivity contribution in [3.05, 3.63) is 23.3 Å². The zero-order valence-electron chi connectivity index (χ0n) is 12.7. The third kappa shape index (κ3) is 4.25. The number of aryl methyl sites for hydroxylation is 1. The van der Waals surface area contributed by atoms with Crippen LogP contribution in [0, 0.1) is 6.92 Å². The van der Waals surface area contributed by atoms with E-state index in [4.69, 9.17) is 9.76 Å². The highest BCUT2D eigenvalue weighted by atomic mass is 16.5. The molecule has 20 heavy (non-hydrogen) atoms. The maximum Gasteiger partial charge on any atom is 0.492 e. The number of rotatable bonds is 2. The minimum absolute atomic E-state index is 0.0369. The summed E-state index contributed by atoms with van der Waals surface area (Å²) in [6, 6.07) is 2.92. The molecule has 112 valence electrons. The second-order valence-corrected chi connectivity index (χ2v) is 3.84. The van der Waals surface area contributed by atoms with Crippen LogP contribution < -0.4 is 5.46 Å². The highest BCUT2D eigenvalue weighted by Crippen LogP contribution is 2.31. The molecule has 1 atom stereocenters. The number of carbonyl (C=O) groups is 1. The number of carboxylic acids is 1. The van der Waals surface area contributed by atoms with Gasteiger partial charge in [-0.05, 0) is 35.6 Å². The Morgan fingerprint density at radius 2 is 1.85 bits per heavy atom. The third-order valence-corrected chi connectivity index (χ3v) is 2.64. The minimum Gasteiger partial charge on any atom is -0.508 e. The van der Waals surface area contributed by atoms with Crippen molar-refractivity contribution in [3.8, 4) is 5.75 Å². The fourth-order valence-corrected chi connectivity index (χ4v) is 2.06. The first kappa shape index (κ1) is 18.5. The normalized spacial score (nSPS) is 15.5. The predicted molar refractivity (Wildman–Crippen MR) is 79.2 cm³/mol. The Labute approximate surface area is 120 Å². The molecule has 3 N–H and O–H groups in total. The molecular weight excluding hydrogens is 259 g/mol. The third-order valence-electron chi connectivity index (χ3n) is 2.64. The zero-order valence-corrected chi connectivity index (χ0v) is 12.7. The number of benzene rings is 1. The second-order valence-electron chi connectivity index (χ2n) is 3.84. The van der Waals surface area contributed by atoms with Crippen molar-refractivity contribution in [1.82, 2.24) is 0 Å². The molecule has 0 radical (unpaired) electrons. The zero-order chi connectivity index (χ0) is 15.9. The summed E-state index contributed by atoms with van der Waals surface area (Å²) < 4.78 is 5.14. The molecule has 0 spiro atoms. The second kappa shape index (κ2) is 8.61. The van der Waals surface area contributed by atoms with Gasteiger partial charge in [0, 0.05) is 0 Å². The van der Waals surface area contributed by atoms with Gasteiger partial charge in [0.1, 0.15) is 5.75 Å². The Kier molecular flexibility index (Phi) is 7.95. The van der Waals surface area contributed by atoms with Gasteiger partial charge >= 0.3 is 13.1 Å². The number of hydrogen-bond donors (Lipinski definition) is 3. The number of carboxylic acid groups (broad SMARTS) is 1. The molecule has 6 heteroatoms. The summed E-state index contributed by atoms with van der Waals surface area (Å²) in [7, 11) is -1.16. The van der Waals surface area contributed by atoms with E-state index in [9.17, 15) is 14.9 Å². The molecule has 5 nitrogen and oxygen atoms in total. The lowest BCUT2D eigenvalue weighted by Crippen LogP contribution is -2.28. The number of phenolic OH excluding ortho intramolecular Hbond substituents is 1. The number of phenols is 1. The van der Waals surface area contributed by atoms with Crippen LogP contribution in [0.25, 0.3) is 0 Å². The molecule has 0 aliphatic carbocycles. The van der Waals surface area contributed by atoms with Crippen molar-refractivity contribution in [3.63, 3.8) is 0 Å². The van der Waals surface area contributed by atoms with Crippen molar-refractivity contribution in [2.75, 3.05) is 0 Å². The van der Waals surface area contributed by atoms with Gasteiger partial charge in [0.2, 0.25) is 0 Å². The molecule has 0 bridgehead atoms. The van der Waals surface area contributed by atoms with E-state index in [2.05, 4.69) is 0 Å². The number of hydrogen-bond acceptors (Lipinski definition) is 4. The lowest BCUT2D eigenvalue weighted by Gasteiger charge is -2.11. The molecule has 0 fully saturated rings. The van der Waals surface area contributed by atoms with Crippen molar-refractivity contribution in [1.29, 1.82) is 0 Å². The molecule has 1 heterocycles. The molecule has 1 unspecified atom stereocenters. The Balaban J connectivity index is 0.000000829. The van der Waals surface area contributed by atoms with Crippen molar-refractivity contribution in [2.24, 2.45) is 0 Å². The number of aliphatic carboxylic acids is 1. The van der Waals surface area contributed by atoms with E-state index in [-0.39, 0.29) is 12.2 Å². The van der Waals surface area contributed by atoms with Crippen LogP contribution in [0.15, 0.2) is 12.1 Å². The summed E-state index contributed by atoms with van der Waals surface area (Å²) in [6.07, 6.45) is -0.849. The van der Waals surface area contributed by atoms with Crippen LogP contribution in [0.1, 0.15) is 51.3 Å². The fourth-order valence-electron chi connectivity index (χ4n) is 2.06. The Morgan fingerprint density at radius 3 is 2.35 bits per heavy atom. The van der Waals surface area contributed by atoms with Gasteiger partial charge in [0.25, 0.3) is 0 Å². The first-order valence-electron chi connectivity index (χ1n) is 6.87. The smallest absolute Gasteiger partial charge is 0.492 e. The maximum absolute atomic E-state index is 10.6. The predicted octanol–water partition coefficient (Wildman–Crippen LogP) is 1.99. The van der Waals surface area contributed by atoms with Crippen LogP contribution >= 0.6 is 0 Å². The lowest BCUT2D eigenvalue weighted by molar-refractivity contribution is -0.138. The van der Waals surface area contributed by atoms with Gasteiger partial charge in [-0.1, -0.05) is 27.7 Å². The standard InChI is InChI=1S/C10H11BO5.2C2H6/c1-5-2-6(12)3-7-10(5)8(4-9(13)14)16-11(7)15;2*1-2/h2-3,8,12,15H,4H2,1H3,(H,13,14);2*1-2H3. The van der Waals surface area contributed by atoms with E-state index in [1.165, 1.54) is 12.1 Å². The molecule has 0 saturated carbocycles. The van der Waals surface area contributed by atoms with Crippen molar-refractivity contribution >= 4 is 18.6 Å². The molecule has 0 saturated heterocycles. The average Bonchev–Trinajstić information content (AvgIpc) is 2.70. The molecule has 0 amide bonds. The molecule has 1 aliphatic rings. The van der Waals surface area contributed by atoms with E-state index in [1.54, 1.807) is 6.92 Å². The highest BCUT2D eigenvalue weighted by Gasteiger charge is 2.37. The molecule has 2 rings (SSSR count). The van der Waals surface area contributed by atoms with E-state index in [0.717, 1.165) is 5.56 Å². The van der Waals surface area contributed by atoms with Gasteiger partial charge in [-0.15, -0.1) is 0 Å². The number of fused-ring (bicyclic) bond motifs is 1. The Hall–Kier alpha value is -1.53. The first-order chi connectivity index (χ1) is 9.49. The van der Waals surface area contributed by atoms with Crippen molar-refractivity contribution in [2.45, 2.75) is 47.1 Å². The fraction of sp³-hybridized carbons (Fsp3) is 0.500. The molecule has 1 aliphatic heterocycles. The van der Waals surface area contributed by atoms with E-state index < -0.39 is 19.2 Å². The minimum atomic E-state index is -1.16. The van der Waals surface area contributed by atoms with Gasteiger partial charge in [0.05, 0.1) is 12.5 Å². The first-order valence-corrected chi connectivity index (χ1v) is 6.87. The van der Waals surface area contributed by atoms with Crippen LogP contribution in [-0.2, 0) is 9.45 Å². The van der Waals surface area contributed by atoms with Crippen LogP contribution in [-0.4, -0.2) is 28.3 Å². The summed E-state index contributed by atoms with van der Waals surface area (Å²) in [5.74, 6) is -0.951. The maximum atomic E-state index is 10.6. The van der Waals surface area contributed by atoms with E-state index in [0.29, 0.717) is 11.0 Å². The highest BCUT2D eigenvalue weighted by molar-refractivity contribution is 6.62. The van der Waals surface area contributed by atoms with Gasteiger partial charge < -0.3 is 19.9 Å². The van der Waals surface area contributed by atoms with Gasteiger partial charge in [-0.3, -0.25) is 4.79 Å². The van der Waals surface area contributed by atoms with Gasteiger partial charge in [0.15, 0.2) is 0 Å². The van der Waals surface area contributed by atoms with Gasteiger partial charge in [-0.25, -0.2) is 0 Å². The summed E-state index contributed by atoms with van der Waals surface area (Å²) >= 11 is 0. The monoisotopic (exact) mass is 282 g/mol. The molecule has 1 aromatic carbocycles. The summed E-state index contributed by atoms with van der Waals surface area (Å²) in [4.78, 5) is 10.6. The van der Waals surface area contributed by atoms with E-state index >= 15 is 0 Å². The lowest BCUT2D eigenvalue weighted by atomic mass is 9.77. The molecular formula is C14H23BO5. The van der Waals surface area contributed by atoms with Crippen LogP contribution in [0.2, 0.25) is 0 Å². The summed E-state index contributed by atoms with van der Waals surface area (Å²) in [5, 5.41) is 27.7. The number of aromatic hydroxyl groups is 1. The molecule has 0 aromatic heterocycles. The largest absolute Gasteiger partial charge is 0.508 e. The SMILES string of the molecule is CC.CC.Cc1cc(O)cc2c1C(CC(=O)O)OB2O. The van der Waals surface area contributed by atoms with E-state index in [1.807, 2.05) is 27.7 Å². The van der Waals surface area contributed by atoms with Crippen LogP contribution in [0.3, 0.4) is 0 Å². The quantitative estimate of drug-likeness (QED) is 0.722. The van der Waals surface area contributed by atoms with Crippen molar-refractivity contribution < 1.29 is 24.7 Å². The molecule has 1 aromatic rings. The van der Waals surface area contributed by atoms with Crippen LogP contribution in [0.4, 0.5) is 0 Å². The average molecular weight is 282 g/mol. The Bertz CT molecular complexity index is 447. The Morgan fingerprint density at radius 1 is 1.30 bits per heavy atom. The topological polar surface area (TPSA) is 87.0 Å². The van der Waals surface area contributed by atoms with Crippen LogP contribution in [0.5, 0.6) is 5.75 Å².